The van der Waals surface area contributed by atoms with Crippen LogP contribution in [0.5, 0.6) is 0 Å². The number of Topliss-reactive ketones (excluding diaryl/α,β-unsaturated/α-hetero) is 1. The normalized spacial score (nSPS) is 10.7. The van der Waals surface area contributed by atoms with Crippen molar-refractivity contribution in [1.29, 1.82) is 5.26 Å². The molecular weight excluding hydrogens is 384 g/mol. The third-order valence-electron chi connectivity index (χ3n) is 3.72. The molecule has 0 saturated carbocycles. The largest absolute Gasteiger partial charge is 0.346 e. The third-order valence-corrected chi connectivity index (χ3v) is 5.21. The molecule has 3 nitrogen and oxygen atoms in total. The van der Waals surface area contributed by atoms with Crippen LogP contribution in [0.25, 0.3) is 10.9 Å². The van der Waals surface area contributed by atoms with E-state index in [2.05, 4.69) is 22.0 Å². The molecule has 24 heavy (non-hydrogen) atoms. The summed E-state index contributed by atoms with van der Waals surface area (Å²) in [7, 11) is 0. The second-order valence-electron chi connectivity index (χ2n) is 5.33. The van der Waals surface area contributed by atoms with Gasteiger partial charge in [-0.05, 0) is 24.3 Å². The smallest absolute Gasteiger partial charge is 0.175 e. The van der Waals surface area contributed by atoms with Gasteiger partial charge < -0.3 is 4.57 Å². The molecule has 0 aliphatic carbocycles. The van der Waals surface area contributed by atoms with E-state index in [9.17, 15) is 4.79 Å². The minimum Gasteiger partial charge on any atom is -0.346 e. The number of para-hydroxylation sites is 1. The zero-order valence-electron chi connectivity index (χ0n) is 12.9. The van der Waals surface area contributed by atoms with Gasteiger partial charge in [0.1, 0.15) is 0 Å². The van der Waals surface area contributed by atoms with E-state index in [1.54, 1.807) is 0 Å². The Morgan fingerprint density at radius 1 is 1.21 bits per heavy atom. The number of nitriles is 1. The van der Waals surface area contributed by atoms with E-state index in [1.165, 1.54) is 11.8 Å². The Hall–Kier alpha value is -2.03. The van der Waals surface area contributed by atoms with Crippen LogP contribution in [0.4, 0.5) is 0 Å². The van der Waals surface area contributed by atoms with E-state index in [0.29, 0.717) is 18.7 Å². The number of hydrogen-bond donors (Lipinski definition) is 0. The number of aryl methyl sites for hydroxylation is 1. The summed E-state index contributed by atoms with van der Waals surface area (Å²) in [5, 5.41) is 9.76. The molecule has 0 saturated heterocycles. The maximum atomic E-state index is 12.7. The van der Waals surface area contributed by atoms with Crippen molar-refractivity contribution in [1.82, 2.24) is 4.57 Å². The Bertz CT molecular complexity index is 927. The first-order valence-corrected chi connectivity index (χ1v) is 9.33. The molecule has 0 radical (unpaired) electrons. The monoisotopic (exact) mass is 398 g/mol. The van der Waals surface area contributed by atoms with Gasteiger partial charge in [-0.3, -0.25) is 4.79 Å². The number of benzene rings is 2. The zero-order valence-corrected chi connectivity index (χ0v) is 15.3. The number of carbonyl (C=O) groups is 1. The van der Waals surface area contributed by atoms with E-state index in [1.807, 2.05) is 59.3 Å². The summed E-state index contributed by atoms with van der Waals surface area (Å²) in [6.07, 6.45) is 2.31. The molecule has 0 atom stereocenters. The average Bonchev–Trinajstić information content (AvgIpc) is 2.97. The number of nitrogens with zero attached hydrogens (tertiary/aromatic N) is 2. The standard InChI is InChI=1S/C19H15BrN2OS/c20-14-5-3-6-15(11-14)24-13-19(23)17-12-22(10-4-9-21)18-8-2-1-7-16(17)18/h1-3,5-8,11-12H,4,10,13H2. The van der Waals surface area contributed by atoms with Crippen LogP contribution in [0.1, 0.15) is 16.8 Å². The van der Waals surface area contributed by atoms with Gasteiger partial charge >= 0.3 is 0 Å². The Kier molecular flexibility index (Phi) is 5.39. The van der Waals surface area contributed by atoms with E-state index in [0.717, 1.165) is 25.8 Å². The summed E-state index contributed by atoms with van der Waals surface area (Å²) in [6.45, 7) is 0.600. The lowest BCUT2D eigenvalue weighted by atomic mass is 10.1. The quantitative estimate of drug-likeness (QED) is 0.418. The predicted octanol–water partition coefficient (Wildman–Crippen LogP) is 5.29. The van der Waals surface area contributed by atoms with E-state index >= 15 is 0 Å². The number of ketones is 1. The molecule has 3 aromatic rings. The molecule has 1 aromatic heterocycles. The average molecular weight is 399 g/mol. The van der Waals surface area contributed by atoms with Gasteiger partial charge in [0, 0.05) is 38.6 Å². The second kappa shape index (κ2) is 7.69. The molecule has 0 aliphatic rings. The Morgan fingerprint density at radius 2 is 2.04 bits per heavy atom. The summed E-state index contributed by atoms with van der Waals surface area (Å²) >= 11 is 4.98. The first-order chi connectivity index (χ1) is 11.7. The fraction of sp³-hybridized carbons (Fsp3) is 0.158. The van der Waals surface area contributed by atoms with Crippen molar-refractivity contribution in [3.8, 4) is 6.07 Å². The molecule has 5 heteroatoms. The van der Waals surface area contributed by atoms with Crippen LogP contribution in [0.15, 0.2) is 64.1 Å². The van der Waals surface area contributed by atoms with Gasteiger partial charge in [-0.2, -0.15) is 5.26 Å². The number of halogens is 1. The highest BCUT2D eigenvalue weighted by Crippen LogP contribution is 2.26. The van der Waals surface area contributed by atoms with Crippen molar-refractivity contribution in [2.24, 2.45) is 0 Å². The molecule has 0 bridgehead atoms. The Morgan fingerprint density at radius 3 is 2.83 bits per heavy atom. The van der Waals surface area contributed by atoms with Gasteiger partial charge in [0.15, 0.2) is 5.78 Å². The van der Waals surface area contributed by atoms with Crippen molar-refractivity contribution in [2.75, 3.05) is 5.75 Å². The summed E-state index contributed by atoms with van der Waals surface area (Å²) in [5.41, 5.74) is 1.73. The van der Waals surface area contributed by atoms with Crippen LogP contribution in [-0.4, -0.2) is 16.1 Å². The van der Waals surface area contributed by atoms with Crippen LogP contribution in [0.3, 0.4) is 0 Å². The van der Waals surface area contributed by atoms with Crippen molar-refractivity contribution in [3.05, 3.63) is 64.8 Å². The van der Waals surface area contributed by atoms with Gasteiger partial charge in [0.05, 0.1) is 18.2 Å². The fourth-order valence-corrected chi connectivity index (χ4v) is 4.00. The second-order valence-corrected chi connectivity index (χ2v) is 7.30. The first kappa shape index (κ1) is 16.8. The molecule has 2 aromatic carbocycles. The Labute approximate surface area is 153 Å². The minimum atomic E-state index is 0.104. The summed E-state index contributed by atoms with van der Waals surface area (Å²) < 4.78 is 3.00. The highest BCUT2D eigenvalue weighted by Gasteiger charge is 2.15. The van der Waals surface area contributed by atoms with Crippen molar-refractivity contribution in [2.45, 2.75) is 17.9 Å². The van der Waals surface area contributed by atoms with Crippen LogP contribution in [0, 0.1) is 11.3 Å². The molecule has 0 fully saturated rings. The van der Waals surface area contributed by atoms with Gasteiger partial charge in [-0.15, -0.1) is 11.8 Å². The third kappa shape index (κ3) is 3.72. The highest BCUT2D eigenvalue weighted by molar-refractivity contribution is 9.10. The number of thioether (sulfide) groups is 1. The highest BCUT2D eigenvalue weighted by atomic mass is 79.9. The number of hydrogen-bond acceptors (Lipinski definition) is 3. The predicted molar refractivity (Wildman–Crippen MR) is 101 cm³/mol. The SMILES string of the molecule is N#CCCn1cc(C(=O)CSc2cccc(Br)c2)c2ccccc21. The number of fused-ring (bicyclic) bond motifs is 1. The lowest BCUT2D eigenvalue weighted by molar-refractivity contribution is 0.102. The molecule has 0 unspecified atom stereocenters. The number of aromatic nitrogens is 1. The number of carbonyl (C=O) groups excluding carboxylic acids is 1. The molecule has 1 heterocycles. The van der Waals surface area contributed by atoms with Crippen LogP contribution >= 0.6 is 27.7 Å². The summed E-state index contributed by atoms with van der Waals surface area (Å²) in [5.74, 6) is 0.495. The lowest BCUT2D eigenvalue weighted by Crippen LogP contribution is -2.02. The lowest BCUT2D eigenvalue weighted by Gasteiger charge is -2.01. The van der Waals surface area contributed by atoms with Crippen molar-refractivity contribution in [3.63, 3.8) is 0 Å². The van der Waals surface area contributed by atoms with Gasteiger partial charge in [-0.25, -0.2) is 0 Å². The maximum absolute atomic E-state index is 12.7. The van der Waals surface area contributed by atoms with Gasteiger partial charge in [0.25, 0.3) is 0 Å². The number of rotatable bonds is 6. The molecule has 120 valence electrons. The topological polar surface area (TPSA) is 45.8 Å². The van der Waals surface area contributed by atoms with Crippen molar-refractivity contribution < 1.29 is 4.79 Å². The van der Waals surface area contributed by atoms with Crippen LogP contribution in [0.2, 0.25) is 0 Å². The molecule has 0 aliphatic heterocycles. The zero-order chi connectivity index (χ0) is 16.9. The summed E-state index contributed by atoms with van der Waals surface area (Å²) in [4.78, 5) is 13.8. The Balaban J connectivity index is 1.83. The van der Waals surface area contributed by atoms with E-state index in [4.69, 9.17) is 5.26 Å². The van der Waals surface area contributed by atoms with Crippen LogP contribution in [-0.2, 0) is 6.54 Å². The van der Waals surface area contributed by atoms with Crippen molar-refractivity contribution >= 4 is 44.4 Å². The van der Waals surface area contributed by atoms with Gasteiger partial charge in [0.2, 0.25) is 0 Å². The summed E-state index contributed by atoms with van der Waals surface area (Å²) in [6, 6.07) is 17.9. The molecule has 0 amide bonds. The van der Waals surface area contributed by atoms with E-state index < -0.39 is 0 Å². The maximum Gasteiger partial charge on any atom is 0.175 e. The van der Waals surface area contributed by atoms with E-state index in [-0.39, 0.29) is 5.78 Å². The van der Waals surface area contributed by atoms with Gasteiger partial charge in [-0.1, -0.05) is 40.2 Å². The first-order valence-electron chi connectivity index (χ1n) is 7.55. The minimum absolute atomic E-state index is 0.104. The molecule has 3 rings (SSSR count). The fourth-order valence-electron chi connectivity index (χ4n) is 2.61. The molecule has 0 N–H and O–H groups in total. The molecule has 0 spiro atoms. The van der Waals surface area contributed by atoms with Crippen LogP contribution < -0.4 is 0 Å². The molecular formula is C19H15BrN2OS.